The van der Waals surface area contributed by atoms with Gasteiger partial charge in [-0.15, -0.1) is 0 Å². The summed E-state index contributed by atoms with van der Waals surface area (Å²) in [7, 11) is 0. The van der Waals surface area contributed by atoms with E-state index < -0.39 is 6.10 Å². The molecule has 1 unspecified atom stereocenters. The molecular formula is C14H19N3O3. The quantitative estimate of drug-likeness (QED) is 0.783. The fourth-order valence-electron chi connectivity index (χ4n) is 1.94. The first kappa shape index (κ1) is 14.3. The molecule has 3 N–H and O–H groups in total. The van der Waals surface area contributed by atoms with E-state index in [0.717, 1.165) is 11.9 Å². The number of amides is 2. The molecule has 1 atom stereocenters. The van der Waals surface area contributed by atoms with Crippen molar-refractivity contribution in [2.75, 3.05) is 11.9 Å². The van der Waals surface area contributed by atoms with Crippen molar-refractivity contribution in [1.29, 1.82) is 0 Å². The summed E-state index contributed by atoms with van der Waals surface area (Å²) in [6.07, 6.45) is 1.04. The number of urea groups is 1. The van der Waals surface area contributed by atoms with Gasteiger partial charge in [0.2, 0.25) is 0 Å². The van der Waals surface area contributed by atoms with Crippen LogP contribution in [0, 0.1) is 6.92 Å². The number of nitrogens with zero attached hydrogens (tertiary/aromatic N) is 1. The topological polar surface area (TPSA) is 87.4 Å². The summed E-state index contributed by atoms with van der Waals surface area (Å²) >= 11 is 0. The maximum atomic E-state index is 11.7. The largest absolute Gasteiger partial charge is 0.441 e. The number of aliphatic hydroxyl groups is 1. The molecule has 1 heterocycles. The highest BCUT2D eigenvalue weighted by molar-refractivity contribution is 5.91. The van der Waals surface area contributed by atoms with Gasteiger partial charge in [0.1, 0.15) is 5.52 Å². The summed E-state index contributed by atoms with van der Waals surface area (Å²) in [5.74, 6) is 0.587. The maximum Gasteiger partial charge on any atom is 0.319 e. The van der Waals surface area contributed by atoms with Crippen molar-refractivity contribution in [3.8, 4) is 0 Å². The summed E-state index contributed by atoms with van der Waals surface area (Å²) < 4.78 is 5.40. The lowest BCUT2D eigenvalue weighted by Gasteiger charge is -2.11. The van der Waals surface area contributed by atoms with Crippen LogP contribution in [0.2, 0.25) is 0 Å². The number of aliphatic hydroxyl groups excluding tert-OH is 1. The van der Waals surface area contributed by atoms with Gasteiger partial charge in [-0.1, -0.05) is 13.3 Å². The predicted molar refractivity (Wildman–Crippen MR) is 76.7 cm³/mol. The Labute approximate surface area is 117 Å². The molecule has 0 saturated carbocycles. The van der Waals surface area contributed by atoms with E-state index in [1.807, 2.05) is 6.92 Å². The zero-order valence-corrected chi connectivity index (χ0v) is 11.6. The van der Waals surface area contributed by atoms with Crippen molar-refractivity contribution < 1.29 is 14.3 Å². The molecule has 0 radical (unpaired) electrons. The molecule has 0 spiro atoms. The average molecular weight is 277 g/mol. The highest BCUT2D eigenvalue weighted by Gasteiger charge is 2.08. The van der Waals surface area contributed by atoms with Crippen LogP contribution in [-0.4, -0.2) is 28.8 Å². The van der Waals surface area contributed by atoms with Crippen LogP contribution in [-0.2, 0) is 0 Å². The SMILES string of the molecule is CCCC(O)CNC(=O)Nc1ccc2nc(C)oc2c1. The summed E-state index contributed by atoms with van der Waals surface area (Å²) in [6, 6.07) is 4.91. The van der Waals surface area contributed by atoms with Gasteiger partial charge in [0.25, 0.3) is 0 Å². The van der Waals surface area contributed by atoms with Gasteiger partial charge in [-0.2, -0.15) is 0 Å². The van der Waals surface area contributed by atoms with Crippen LogP contribution in [0.5, 0.6) is 0 Å². The third kappa shape index (κ3) is 3.71. The first-order chi connectivity index (χ1) is 9.58. The molecule has 0 aliphatic carbocycles. The van der Waals surface area contributed by atoms with E-state index >= 15 is 0 Å². The fourth-order valence-corrected chi connectivity index (χ4v) is 1.94. The lowest BCUT2D eigenvalue weighted by atomic mass is 10.2. The number of carbonyl (C=O) groups excluding carboxylic acids is 1. The van der Waals surface area contributed by atoms with Crippen LogP contribution >= 0.6 is 0 Å². The lowest BCUT2D eigenvalue weighted by Crippen LogP contribution is -2.35. The van der Waals surface area contributed by atoms with E-state index in [1.165, 1.54) is 0 Å². The van der Waals surface area contributed by atoms with Gasteiger partial charge in [0, 0.05) is 25.2 Å². The molecule has 6 heteroatoms. The van der Waals surface area contributed by atoms with Crippen LogP contribution in [0.15, 0.2) is 22.6 Å². The van der Waals surface area contributed by atoms with Gasteiger partial charge >= 0.3 is 6.03 Å². The molecule has 0 saturated heterocycles. The Bertz CT molecular complexity index is 594. The van der Waals surface area contributed by atoms with Gasteiger partial charge in [0.05, 0.1) is 6.10 Å². The number of rotatable bonds is 5. The summed E-state index contributed by atoms with van der Waals surface area (Å²) in [5, 5.41) is 14.9. The summed E-state index contributed by atoms with van der Waals surface area (Å²) in [6.45, 7) is 4.00. The first-order valence-electron chi connectivity index (χ1n) is 6.68. The van der Waals surface area contributed by atoms with Crippen LogP contribution in [0.4, 0.5) is 10.5 Å². The van der Waals surface area contributed by atoms with Crippen molar-refractivity contribution in [2.24, 2.45) is 0 Å². The molecule has 1 aromatic carbocycles. The monoisotopic (exact) mass is 277 g/mol. The number of carbonyl (C=O) groups is 1. The number of anilines is 1. The third-order valence-electron chi connectivity index (χ3n) is 2.87. The fraction of sp³-hybridized carbons (Fsp3) is 0.429. The number of fused-ring (bicyclic) bond motifs is 1. The van der Waals surface area contributed by atoms with Gasteiger partial charge in [0.15, 0.2) is 11.5 Å². The first-order valence-corrected chi connectivity index (χ1v) is 6.68. The van der Waals surface area contributed by atoms with Crippen LogP contribution in [0.3, 0.4) is 0 Å². The zero-order chi connectivity index (χ0) is 14.5. The molecule has 1 aromatic heterocycles. The third-order valence-corrected chi connectivity index (χ3v) is 2.87. The van der Waals surface area contributed by atoms with Crippen molar-refractivity contribution in [3.05, 3.63) is 24.1 Å². The van der Waals surface area contributed by atoms with Crippen molar-refractivity contribution in [3.63, 3.8) is 0 Å². The molecule has 108 valence electrons. The number of benzene rings is 1. The van der Waals surface area contributed by atoms with Crippen LogP contribution in [0.25, 0.3) is 11.1 Å². The van der Waals surface area contributed by atoms with E-state index in [2.05, 4.69) is 15.6 Å². The van der Waals surface area contributed by atoms with E-state index in [-0.39, 0.29) is 12.6 Å². The second-order valence-corrected chi connectivity index (χ2v) is 4.69. The molecular weight excluding hydrogens is 258 g/mol. The minimum atomic E-state index is -0.509. The number of nitrogens with one attached hydrogen (secondary N) is 2. The number of aryl methyl sites for hydroxylation is 1. The molecule has 2 amide bonds. The zero-order valence-electron chi connectivity index (χ0n) is 11.6. The van der Waals surface area contributed by atoms with Gasteiger partial charge < -0.3 is 20.2 Å². The van der Waals surface area contributed by atoms with Gasteiger partial charge in [-0.3, -0.25) is 0 Å². The Balaban J connectivity index is 1.92. The predicted octanol–water partition coefficient (Wildman–Crippen LogP) is 2.42. The van der Waals surface area contributed by atoms with Gasteiger partial charge in [-0.05, 0) is 18.6 Å². The smallest absolute Gasteiger partial charge is 0.319 e. The number of oxazole rings is 1. The Morgan fingerprint density at radius 1 is 1.50 bits per heavy atom. The van der Waals surface area contributed by atoms with Crippen LogP contribution < -0.4 is 10.6 Å². The van der Waals surface area contributed by atoms with Crippen molar-refractivity contribution in [2.45, 2.75) is 32.8 Å². The molecule has 20 heavy (non-hydrogen) atoms. The van der Waals surface area contributed by atoms with Crippen LogP contribution in [0.1, 0.15) is 25.7 Å². The molecule has 0 aliphatic heterocycles. The number of hydrogen-bond donors (Lipinski definition) is 3. The van der Waals surface area contributed by atoms with Crippen molar-refractivity contribution >= 4 is 22.8 Å². The van der Waals surface area contributed by atoms with Crippen molar-refractivity contribution in [1.82, 2.24) is 10.3 Å². The average Bonchev–Trinajstić information content (AvgIpc) is 2.76. The second-order valence-electron chi connectivity index (χ2n) is 4.69. The normalized spacial score (nSPS) is 12.3. The summed E-state index contributed by atoms with van der Waals surface area (Å²) in [5.41, 5.74) is 2.01. The molecule has 0 fully saturated rings. The highest BCUT2D eigenvalue weighted by atomic mass is 16.3. The number of hydrogen-bond acceptors (Lipinski definition) is 4. The van der Waals surface area contributed by atoms with E-state index in [1.54, 1.807) is 25.1 Å². The Hall–Kier alpha value is -2.08. The molecule has 0 aliphatic rings. The Morgan fingerprint density at radius 3 is 3.05 bits per heavy atom. The Kier molecular flexibility index (Phi) is 4.57. The maximum absolute atomic E-state index is 11.7. The molecule has 2 rings (SSSR count). The standard InChI is InChI=1S/C14H19N3O3/c1-3-4-11(18)8-15-14(19)17-10-5-6-12-13(7-10)20-9(2)16-12/h5-7,11,18H,3-4,8H2,1-2H3,(H2,15,17,19). The van der Waals surface area contributed by atoms with E-state index in [9.17, 15) is 9.90 Å². The van der Waals surface area contributed by atoms with E-state index in [4.69, 9.17) is 4.42 Å². The van der Waals surface area contributed by atoms with E-state index in [0.29, 0.717) is 23.6 Å². The molecule has 6 nitrogen and oxygen atoms in total. The Morgan fingerprint density at radius 2 is 2.30 bits per heavy atom. The lowest BCUT2D eigenvalue weighted by molar-refractivity contribution is 0.162. The minimum Gasteiger partial charge on any atom is -0.441 e. The summed E-state index contributed by atoms with van der Waals surface area (Å²) in [4.78, 5) is 15.9. The molecule has 2 aromatic rings. The second kappa shape index (κ2) is 6.38. The minimum absolute atomic E-state index is 0.239. The molecule has 0 bridgehead atoms. The van der Waals surface area contributed by atoms with Gasteiger partial charge in [-0.25, -0.2) is 9.78 Å². The highest BCUT2D eigenvalue weighted by Crippen LogP contribution is 2.19. The number of aromatic nitrogens is 1.